The lowest BCUT2D eigenvalue weighted by Crippen LogP contribution is -2.28. The SMILES string of the molecule is O=C(N/N=C/c1ccc(O)cc1O)C1CCCCC1. The van der Waals surface area contributed by atoms with Crippen LogP contribution in [0.2, 0.25) is 0 Å². The number of hydrogen-bond donors (Lipinski definition) is 3. The van der Waals surface area contributed by atoms with Gasteiger partial charge in [0, 0.05) is 17.5 Å². The third-order valence-corrected chi connectivity index (χ3v) is 3.37. The van der Waals surface area contributed by atoms with Gasteiger partial charge in [-0.2, -0.15) is 5.10 Å². The Hall–Kier alpha value is -2.04. The smallest absolute Gasteiger partial charge is 0.243 e. The quantitative estimate of drug-likeness (QED) is 0.576. The molecule has 0 spiro atoms. The number of phenols is 2. The third kappa shape index (κ3) is 3.71. The number of rotatable bonds is 3. The lowest BCUT2D eigenvalue weighted by Gasteiger charge is -2.19. The molecule has 1 aromatic rings. The van der Waals surface area contributed by atoms with Gasteiger partial charge in [-0.15, -0.1) is 0 Å². The van der Waals surface area contributed by atoms with Crippen LogP contribution in [-0.2, 0) is 4.79 Å². The zero-order valence-corrected chi connectivity index (χ0v) is 10.7. The van der Waals surface area contributed by atoms with Crippen LogP contribution in [0.5, 0.6) is 11.5 Å². The highest BCUT2D eigenvalue weighted by molar-refractivity contribution is 5.85. The van der Waals surface area contributed by atoms with E-state index in [0.717, 1.165) is 25.7 Å². The molecule has 2 rings (SSSR count). The first-order chi connectivity index (χ1) is 9.16. The molecule has 3 N–H and O–H groups in total. The first kappa shape index (κ1) is 13.4. The number of hydrazone groups is 1. The molecule has 0 aliphatic heterocycles. The molecule has 1 aliphatic carbocycles. The molecule has 0 atom stereocenters. The molecule has 1 amide bonds. The highest BCUT2D eigenvalue weighted by Gasteiger charge is 2.20. The second kappa shape index (κ2) is 6.22. The average molecular weight is 262 g/mol. The van der Waals surface area contributed by atoms with Crippen LogP contribution in [0.4, 0.5) is 0 Å². The van der Waals surface area contributed by atoms with Crippen molar-refractivity contribution in [1.29, 1.82) is 0 Å². The number of hydrogen-bond acceptors (Lipinski definition) is 4. The van der Waals surface area contributed by atoms with E-state index in [0.29, 0.717) is 5.56 Å². The lowest BCUT2D eigenvalue weighted by atomic mass is 9.89. The summed E-state index contributed by atoms with van der Waals surface area (Å²) in [6.07, 6.45) is 6.61. The van der Waals surface area contributed by atoms with Gasteiger partial charge in [-0.1, -0.05) is 19.3 Å². The molecule has 0 radical (unpaired) electrons. The summed E-state index contributed by atoms with van der Waals surface area (Å²) in [7, 11) is 0. The summed E-state index contributed by atoms with van der Waals surface area (Å²) in [6, 6.07) is 4.20. The molecular formula is C14H18N2O3. The highest BCUT2D eigenvalue weighted by Crippen LogP contribution is 2.23. The summed E-state index contributed by atoms with van der Waals surface area (Å²) in [4.78, 5) is 11.8. The van der Waals surface area contributed by atoms with Gasteiger partial charge in [0.2, 0.25) is 5.91 Å². The molecule has 0 saturated heterocycles. The molecule has 1 aliphatic rings. The van der Waals surface area contributed by atoms with Crippen molar-refractivity contribution in [1.82, 2.24) is 5.43 Å². The van der Waals surface area contributed by atoms with Gasteiger partial charge < -0.3 is 10.2 Å². The number of aromatic hydroxyl groups is 2. The maximum atomic E-state index is 11.8. The first-order valence-corrected chi connectivity index (χ1v) is 6.52. The van der Waals surface area contributed by atoms with Crippen molar-refractivity contribution in [2.45, 2.75) is 32.1 Å². The van der Waals surface area contributed by atoms with Crippen LogP contribution in [0.15, 0.2) is 23.3 Å². The van der Waals surface area contributed by atoms with Gasteiger partial charge in [-0.25, -0.2) is 5.43 Å². The molecule has 5 heteroatoms. The van der Waals surface area contributed by atoms with Gasteiger partial charge in [0.25, 0.3) is 0 Å². The van der Waals surface area contributed by atoms with Gasteiger partial charge >= 0.3 is 0 Å². The molecule has 1 fully saturated rings. The van der Waals surface area contributed by atoms with E-state index in [1.54, 1.807) is 0 Å². The van der Waals surface area contributed by atoms with E-state index in [2.05, 4.69) is 10.5 Å². The van der Waals surface area contributed by atoms with Gasteiger partial charge in [0.05, 0.1) is 6.21 Å². The Balaban J connectivity index is 1.90. The maximum absolute atomic E-state index is 11.8. The Kier molecular flexibility index (Phi) is 4.39. The fraction of sp³-hybridized carbons (Fsp3) is 0.429. The van der Waals surface area contributed by atoms with Crippen molar-refractivity contribution in [3.05, 3.63) is 23.8 Å². The normalized spacial score (nSPS) is 16.6. The van der Waals surface area contributed by atoms with Crippen molar-refractivity contribution in [2.75, 3.05) is 0 Å². The van der Waals surface area contributed by atoms with Crippen molar-refractivity contribution in [3.63, 3.8) is 0 Å². The van der Waals surface area contributed by atoms with Crippen molar-refractivity contribution in [3.8, 4) is 11.5 Å². The lowest BCUT2D eigenvalue weighted by molar-refractivity contribution is -0.125. The second-order valence-corrected chi connectivity index (χ2v) is 4.81. The predicted molar refractivity (Wildman–Crippen MR) is 72.1 cm³/mol. The topological polar surface area (TPSA) is 81.9 Å². The Morgan fingerprint density at radius 1 is 1.26 bits per heavy atom. The number of phenolic OH excluding ortho intramolecular Hbond substituents is 2. The van der Waals surface area contributed by atoms with Crippen LogP contribution in [0.3, 0.4) is 0 Å². The molecule has 1 saturated carbocycles. The fourth-order valence-electron chi connectivity index (χ4n) is 2.26. The zero-order valence-electron chi connectivity index (χ0n) is 10.7. The minimum Gasteiger partial charge on any atom is -0.508 e. The molecule has 0 heterocycles. The molecule has 0 aromatic heterocycles. The van der Waals surface area contributed by atoms with E-state index in [9.17, 15) is 9.90 Å². The summed E-state index contributed by atoms with van der Waals surface area (Å²) in [6.45, 7) is 0. The van der Waals surface area contributed by atoms with Crippen molar-refractivity contribution < 1.29 is 15.0 Å². The van der Waals surface area contributed by atoms with Crippen LogP contribution in [0, 0.1) is 5.92 Å². The molecule has 1 aromatic carbocycles. The largest absolute Gasteiger partial charge is 0.508 e. The van der Waals surface area contributed by atoms with Gasteiger partial charge in [0.15, 0.2) is 0 Å². The highest BCUT2D eigenvalue weighted by atomic mass is 16.3. The van der Waals surface area contributed by atoms with Crippen LogP contribution in [0.25, 0.3) is 0 Å². The average Bonchev–Trinajstić information content (AvgIpc) is 2.42. The van der Waals surface area contributed by atoms with Crippen molar-refractivity contribution in [2.24, 2.45) is 11.0 Å². The van der Waals surface area contributed by atoms with Crippen LogP contribution in [0.1, 0.15) is 37.7 Å². The Labute approximate surface area is 112 Å². The second-order valence-electron chi connectivity index (χ2n) is 4.81. The Morgan fingerprint density at radius 3 is 2.68 bits per heavy atom. The predicted octanol–water partition coefficient (Wildman–Crippen LogP) is 2.13. The molecule has 0 bridgehead atoms. The van der Waals surface area contributed by atoms with Crippen molar-refractivity contribution >= 4 is 12.1 Å². The number of carbonyl (C=O) groups excluding carboxylic acids is 1. The number of nitrogens with one attached hydrogen (secondary N) is 1. The number of nitrogens with zero attached hydrogens (tertiary/aromatic N) is 1. The maximum Gasteiger partial charge on any atom is 0.243 e. The summed E-state index contributed by atoms with van der Waals surface area (Å²) in [5.74, 6) is -0.0925. The molecule has 0 unspecified atom stereocenters. The van der Waals surface area contributed by atoms with Crippen LogP contribution in [-0.4, -0.2) is 22.3 Å². The van der Waals surface area contributed by atoms with E-state index in [1.165, 1.54) is 30.8 Å². The third-order valence-electron chi connectivity index (χ3n) is 3.37. The van der Waals surface area contributed by atoms with Gasteiger partial charge in [-0.05, 0) is 25.0 Å². The molecular weight excluding hydrogens is 244 g/mol. The number of benzene rings is 1. The monoisotopic (exact) mass is 262 g/mol. The van der Waals surface area contributed by atoms with E-state index >= 15 is 0 Å². The first-order valence-electron chi connectivity index (χ1n) is 6.52. The van der Waals surface area contributed by atoms with Crippen LogP contribution >= 0.6 is 0 Å². The van der Waals surface area contributed by atoms with E-state index in [4.69, 9.17) is 5.11 Å². The summed E-state index contributed by atoms with van der Waals surface area (Å²) >= 11 is 0. The van der Waals surface area contributed by atoms with E-state index in [1.807, 2.05) is 0 Å². The molecule has 19 heavy (non-hydrogen) atoms. The summed E-state index contributed by atoms with van der Waals surface area (Å²) in [5.41, 5.74) is 2.95. The standard InChI is InChI=1S/C14H18N2O3/c17-12-7-6-11(13(18)8-12)9-15-16-14(19)10-4-2-1-3-5-10/h6-10,17-18H,1-5H2,(H,16,19)/b15-9+. The number of carbonyl (C=O) groups is 1. The molecule has 5 nitrogen and oxygen atoms in total. The summed E-state index contributed by atoms with van der Waals surface area (Å²) < 4.78 is 0. The van der Waals surface area contributed by atoms with E-state index in [-0.39, 0.29) is 23.3 Å². The van der Waals surface area contributed by atoms with Crippen LogP contribution < -0.4 is 5.43 Å². The minimum atomic E-state index is -0.0735. The fourth-order valence-corrected chi connectivity index (χ4v) is 2.26. The number of amides is 1. The minimum absolute atomic E-state index is 0.0131. The zero-order chi connectivity index (χ0) is 13.7. The Morgan fingerprint density at radius 2 is 2.00 bits per heavy atom. The Bertz CT molecular complexity index is 480. The van der Waals surface area contributed by atoms with Gasteiger partial charge in [0.1, 0.15) is 11.5 Å². The molecule has 102 valence electrons. The van der Waals surface area contributed by atoms with E-state index < -0.39 is 0 Å². The summed E-state index contributed by atoms with van der Waals surface area (Å²) in [5, 5.41) is 22.5. The van der Waals surface area contributed by atoms with Gasteiger partial charge in [-0.3, -0.25) is 4.79 Å².